The summed E-state index contributed by atoms with van der Waals surface area (Å²) in [6.07, 6.45) is -0.300. The van der Waals surface area contributed by atoms with Crippen molar-refractivity contribution in [3.63, 3.8) is 0 Å². The highest BCUT2D eigenvalue weighted by atomic mass is 32.1. The van der Waals surface area contributed by atoms with E-state index in [1.54, 1.807) is 20.8 Å². The van der Waals surface area contributed by atoms with Crippen molar-refractivity contribution < 1.29 is 42.4 Å². The maximum atomic E-state index is 17.7. The van der Waals surface area contributed by atoms with Gasteiger partial charge in [0.2, 0.25) is 0 Å². The number of benzene rings is 1. The number of ether oxygens (including phenoxy) is 4. The van der Waals surface area contributed by atoms with E-state index in [0.29, 0.717) is 48.3 Å². The molecule has 7 heterocycles. The number of hydrogen-bond acceptors (Lipinski definition) is 13. The van der Waals surface area contributed by atoms with Gasteiger partial charge in [0.15, 0.2) is 11.6 Å². The Labute approximate surface area is 318 Å². The van der Waals surface area contributed by atoms with Crippen LogP contribution in [0.4, 0.5) is 29.2 Å². The third kappa shape index (κ3) is 6.62. The van der Waals surface area contributed by atoms with Gasteiger partial charge in [0, 0.05) is 49.2 Å². The number of amides is 2. The first kappa shape index (κ1) is 37.0. The molecule has 2 N–H and O–H groups in total. The summed E-state index contributed by atoms with van der Waals surface area (Å²) >= 11 is 0.818. The minimum Gasteiger partial charge on any atom is -0.465 e. The van der Waals surface area contributed by atoms with Crippen LogP contribution in [0, 0.1) is 23.0 Å². The number of fused-ring (bicyclic) bond motifs is 6. The number of pyridine rings is 1. The van der Waals surface area contributed by atoms with Crippen molar-refractivity contribution in [3.05, 3.63) is 34.5 Å². The second-order valence-corrected chi connectivity index (χ2v) is 16.4. The molecule has 2 amide bonds. The summed E-state index contributed by atoms with van der Waals surface area (Å²) in [5.41, 5.74) is -0.0533. The molecule has 15 nitrogen and oxygen atoms in total. The van der Waals surface area contributed by atoms with Crippen LogP contribution in [0.2, 0.25) is 0 Å². The molecule has 4 aliphatic heterocycles. The zero-order valence-corrected chi connectivity index (χ0v) is 31.8. The first-order valence-corrected chi connectivity index (χ1v) is 18.9. The zero-order chi connectivity index (χ0) is 38.9. The molecule has 1 aromatic carbocycles. The lowest BCUT2D eigenvalue weighted by Gasteiger charge is -2.41. The molecule has 2 unspecified atom stereocenters. The van der Waals surface area contributed by atoms with Crippen molar-refractivity contribution in [1.82, 2.24) is 24.8 Å². The molecule has 55 heavy (non-hydrogen) atoms. The molecular formula is C37H40F2N8O7S. The number of rotatable bonds is 6. The third-order valence-electron chi connectivity index (χ3n) is 10.5. The van der Waals surface area contributed by atoms with Crippen molar-refractivity contribution in [2.24, 2.45) is 0 Å². The Morgan fingerprint density at radius 1 is 1.13 bits per heavy atom. The SMILES string of the molecule is C[C@H](Oc1nc(N2C3CCC2CN(C(=O)O)C3)c2c3c(c(-c4ncc(F)c5sc(NC(=O)OC(C)(C)C)c(C#N)c45)c(F)c2n1)COC3)[C@H]1CN(C)CCO1. The van der Waals surface area contributed by atoms with Crippen LogP contribution in [-0.4, -0.2) is 112 Å². The van der Waals surface area contributed by atoms with Gasteiger partial charge in [-0.1, -0.05) is 0 Å². The number of thiophene rings is 1. The lowest BCUT2D eigenvalue weighted by atomic mass is 9.93. The molecule has 290 valence electrons. The second kappa shape index (κ2) is 14.0. The van der Waals surface area contributed by atoms with Crippen molar-refractivity contribution in [2.75, 3.05) is 50.1 Å². The van der Waals surface area contributed by atoms with Crippen LogP contribution in [0.3, 0.4) is 0 Å². The van der Waals surface area contributed by atoms with Gasteiger partial charge in [0.05, 0.1) is 47.4 Å². The predicted molar refractivity (Wildman–Crippen MR) is 197 cm³/mol. The smallest absolute Gasteiger partial charge is 0.412 e. The van der Waals surface area contributed by atoms with E-state index in [2.05, 4.69) is 31.2 Å². The normalized spacial score (nSPS) is 21.8. The fraction of sp³-hybridized carbons (Fsp3) is 0.514. The molecule has 0 spiro atoms. The minimum atomic E-state index is -1.00. The molecular weight excluding hydrogens is 739 g/mol. The number of carboxylic acid groups (broad SMARTS) is 1. The minimum absolute atomic E-state index is 0.00804. The number of piperazine rings is 1. The van der Waals surface area contributed by atoms with Crippen LogP contribution >= 0.6 is 11.3 Å². The van der Waals surface area contributed by atoms with Crippen LogP contribution < -0.4 is 15.0 Å². The predicted octanol–water partition coefficient (Wildman–Crippen LogP) is 5.86. The Morgan fingerprint density at radius 3 is 2.53 bits per heavy atom. The van der Waals surface area contributed by atoms with Crippen LogP contribution in [-0.2, 0) is 27.4 Å². The number of nitriles is 1. The van der Waals surface area contributed by atoms with E-state index in [1.165, 1.54) is 4.90 Å². The Bertz CT molecular complexity index is 2260. The van der Waals surface area contributed by atoms with Crippen LogP contribution in [0.5, 0.6) is 6.01 Å². The number of likely N-dealkylation sites (N-methyl/N-ethyl adjacent to an activating group) is 1. The molecule has 3 saturated heterocycles. The fourth-order valence-electron chi connectivity index (χ4n) is 8.07. The van der Waals surface area contributed by atoms with Crippen LogP contribution in [0.1, 0.15) is 57.2 Å². The number of halogens is 2. The van der Waals surface area contributed by atoms with Gasteiger partial charge in [-0.25, -0.2) is 18.4 Å². The second-order valence-electron chi connectivity index (χ2n) is 15.4. The van der Waals surface area contributed by atoms with Gasteiger partial charge in [0.25, 0.3) is 0 Å². The summed E-state index contributed by atoms with van der Waals surface area (Å²) in [5, 5.41) is 23.2. The Hall–Kier alpha value is -4.96. The number of nitrogens with one attached hydrogen (secondary N) is 1. The van der Waals surface area contributed by atoms with E-state index in [9.17, 15) is 20.0 Å². The molecule has 2 bridgehead atoms. The zero-order valence-electron chi connectivity index (χ0n) is 30.9. The molecule has 18 heteroatoms. The average Bonchev–Trinajstić information content (AvgIpc) is 3.82. The largest absolute Gasteiger partial charge is 0.465 e. The van der Waals surface area contributed by atoms with Gasteiger partial charge < -0.3 is 38.8 Å². The molecule has 4 atom stereocenters. The Morgan fingerprint density at radius 2 is 1.85 bits per heavy atom. The van der Waals surface area contributed by atoms with Gasteiger partial charge in [-0.15, -0.1) is 11.3 Å². The molecule has 8 rings (SSSR count). The first-order chi connectivity index (χ1) is 26.2. The Balaban J connectivity index is 1.32. The first-order valence-electron chi connectivity index (χ1n) is 18.1. The van der Waals surface area contributed by atoms with Crippen LogP contribution in [0.25, 0.3) is 32.2 Å². The van der Waals surface area contributed by atoms with Gasteiger partial charge >= 0.3 is 18.2 Å². The highest BCUT2D eigenvalue weighted by Gasteiger charge is 2.44. The van der Waals surface area contributed by atoms with E-state index in [0.717, 1.165) is 24.1 Å². The topological polar surface area (TPSA) is 176 Å². The summed E-state index contributed by atoms with van der Waals surface area (Å²) in [7, 11) is 1.99. The number of morpholine rings is 1. The van der Waals surface area contributed by atoms with Crippen LogP contribution in [0.15, 0.2) is 6.20 Å². The van der Waals surface area contributed by atoms with E-state index < -0.39 is 35.5 Å². The number of anilines is 2. The quantitative estimate of drug-likeness (QED) is 0.238. The highest BCUT2D eigenvalue weighted by molar-refractivity contribution is 7.23. The number of hydrogen-bond donors (Lipinski definition) is 2. The van der Waals surface area contributed by atoms with Gasteiger partial charge in [0.1, 0.15) is 40.2 Å². The monoisotopic (exact) mass is 778 g/mol. The molecule has 3 fully saturated rings. The number of aromatic nitrogens is 3. The molecule has 3 aromatic heterocycles. The van der Waals surface area contributed by atoms with Gasteiger partial charge in [-0.05, 0) is 58.7 Å². The average molecular weight is 779 g/mol. The summed E-state index contributed by atoms with van der Waals surface area (Å²) in [5.74, 6) is -1.15. The number of likely N-dealkylation sites (tertiary alicyclic amines) is 1. The summed E-state index contributed by atoms with van der Waals surface area (Å²) in [6.45, 7) is 9.33. The molecule has 0 saturated carbocycles. The highest BCUT2D eigenvalue weighted by Crippen LogP contribution is 2.48. The van der Waals surface area contributed by atoms with E-state index >= 15 is 8.78 Å². The Kier molecular flexibility index (Phi) is 9.39. The number of carbonyl (C=O) groups excluding carboxylic acids is 1. The summed E-state index contributed by atoms with van der Waals surface area (Å²) < 4.78 is 56.9. The number of nitrogens with zero attached hydrogens (tertiary/aromatic N) is 7. The van der Waals surface area contributed by atoms with E-state index in [4.69, 9.17) is 23.9 Å². The van der Waals surface area contributed by atoms with Crippen molar-refractivity contribution in [2.45, 2.75) is 83.6 Å². The molecule has 4 aliphatic rings. The summed E-state index contributed by atoms with van der Waals surface area (Å²) in [4.78, 5) is 44.4. The van der Waals surface area contributed by atoms with E-state index in [-0.39, 0.29) is 87.9 Å². The van der Waals surface area contributed by atoms with Crippen molar-refractivity contribution in [1.29, 1.82) is 5.26 Å². The maximum Gasteiger partial charge on any atom is 0.412 e. The number of carbonyl (C=O) groups is 2. The van der Waals surface area contributed by atoms with Gasteiger partial charge in [-0.2, -0.15) is 15.2 Å². The lowest BCUT2D eigenvalue weighted by molar-refractivity contribution is -0.0708. The van der Waals surface area contributed by atoms with Crippen molar-refractivity contribution in [3.8, 4) is 23.3 Å². The lowest BCUT2D eigenvalue weighted by Crippen LogP contribution is -2.55. The van der Waals surface area contributed by atoms with Gasteiger partial charge in [-0.3, -0.25) is 10.3 Å². The maximum absolute atomic E-state index is 17.7. The third-order valence-corrected chi connectivity index (χ3v) is 11.6. The fourth-order valence-corrected chi connectivity index (χ4v) is 9.11. The standard InChI is InChI=1S/C37H40F2N8O7S/c1-17(24-14-45(5)8-9-52-24)53-34-42-30-27(32(43-34)47-18-6-7-19(47)13-46(12-18)36(49)50)22-16-51-15-21(22)25(28(30)39)29-26-20(10-40)33(44-35(48)54-37(2,3)4)55-31(26)23(38)11-41-29/h11,17-19,24H,6-9,12-16H2,1-5H3,(H,44,48)(H,49,50)/t17-,18?,19?,24+/m0/s1. The molecule has 0 radical (unpaired) electrons. The van der Waals surface area contributed by atoms with Crippen molar-refractivity contribution >= 4 is 55.3 Å². The van der Waals surface area contributed by atoms with E-state index in [1.807, 2.05) is 14.0 Å². The molecule has 0 aliphatic carbocycles. The molecule has 4 aromatic rings. The summed E-state index contributed by atoms with van der Waals surface area (Å²) in [6, 6.07) is 1.51.